The lowest BCUT2D eigenvalue weighted by Gasteiger charge is -2.15. The van der Waals surface area contributed by atoms with E-state index in [9.17, 15) is 4.39 Å². The monoisotopic (exact) mass is 373 g/mol. The van der Waals surface area contributed by atoms with E-state index >= 15 is 0 Å². The van der Waals surface area contributed by atoms with Gasteiger partial charge in [-0.15, -0.1) is 0 Å². The van der Waals surface area contributed by atoms with Gasteiger partial charge in [0.05, 0.1) is 23.8 Å². The van der Waals surface area contributed by atoms with Gasteiger partial charge < -0.3 is 19.9 Å². The second-order valence-electron chi connectivity index (χ2n) is 5.00. The number of nitrogens with one attached hydrogen (secondary N) is 1. The summed E-state index contributed by atoms with van der Waals surface area (Å²) in [6.45, 7) is 0.985. The first-order valence-electron chi connectivity index (χ1n) is 7.30. The van der Waals surface area contributed by atoms with Crippen LogP contribution < -0.4 is 14.8 Å². The van der Waals surface area contributed by atoms with Crippen LogP contribution in [0.2, 0.25) is 10.0 Å². The van der Waals surface area contributed by atoms with E-state index in [-0.39, 0.29) is 23.8 Å². The maximum absolute atomic E-state index is 13.8. The molecule has 0 spiro atoms. The zero-order valence-electron chi connectivity index (χ0n) is 13.1. The van der Waals surface area contributed by atoms with Crippen molar-refractivity contribution in [2.45, 2.75) is 13.2 Å². The summed E-state index contributed by atoms with van der Waals surface area (Å²) in [5, 5.41) is 12.5. The van der Waals surface area contributed by atoms with Crippen LogP contribution in [0.15, 0.2) is 30.3 Å². The molecule has 0 unspecified atom stereocenters. The van der Waals surface area contributed by atoms with Gasteiger partial charge in [0.25, 0.3) is 0 Å². The van der Waals surface area contributed by atoms with Gasteiger partial charge in [0, 0.05) is 18.7 Å². The molecule has 0 radical (unpaired) electrons. The Hall–Kier alpha value is -1.53. The number of hydrogen-bond donors (Lipinski definition) is 2. The lowest BCUT2D eigenvalue weighted by atomic mass is 10.2. The highest BCUT2D eigenvalue weighted by Crippen LogP contribution is 2.37. The summed E-state index contributed by atoms with van der Waals surface area (Å²) >= 11 is 12.3. The van der Waals surface area contributed by atoms with E-state index in [0.717, 1.165) is 5.56 Å². The van der Waals surface area contributed by atoms with E-state index in [1.165, 1.54) is 19.2 Å². The lowest BCUT2D eigenvalue weighted by molar-refractivity contribution is 0.279. The highest BCUT2D eigenvalue weighted by atomic mass is 35.5. The molecule has 2 N–H and O–H groups in total. The second-order valence-corrected chi connectivity index (χ2v) is 5.81. The zero-order valence-corrected chi connectivity index (χ0v) is 14.6. The molecule has 0 saturated carbocycles. The molecule has 2 aromatic carbocycles. The first-order valence-corrected chi connectivity index (χ1v) is 8.06. The topological polar surface area (TPSA) is 50.7 Å². The van der Waals surface area contributed by atoms with Crippen LogP contribution >= 0.6 is 23.2 Å². The van der Waals surface area contributed by atoms with Crippen LogP contribution in [0.5, 0.6) is 11.5 Å². The fourth-order valence-electron chi connectivity index (χ4n) is 2.14. The molecule has 0 aromatic heterocycles. The van der Waals surface area contributed by atoms with E-state index in [0.29, 0.717) is 29.6 Å². The van der Waals surface area contributed by atoms with Crippen molar-refractivity contribution in [1.29, 1.82) is 0 Å². The molecule has 130 valence electrons. The molecule has 0 atom stereocenters. The van der Waals surface area contributed by atoms with Gasteiger partial charge in [-0.3, -0.25) is 0 Å². The summed E-state index contributed by atoms with van der Waals surface area (Å²) in [6.07, 6.45) is 0. The molecule has 0 heterocycles. The van der Waals surface area contributed by atoms with Crippen LogP contribution in [0, 0.1) is 5.82 Å². The Labute approximate surface area is 150 Å². The third-order valence-electron chi connectivity index (χ3n) is 3.33. The summed E-state index contributed by atoms with van der Waals surface area (Å²) in [5.74, 6) is 0.322. The highest BCUT2D eigenvalue weighted by molar-refractivity contribution is 6.32. The SMILES string of the molecule is COc1cc(CNCCO)cc(Cl)c1OCc1c(F)cccc1Cl. The van der Waals surface area contributed by atoms with Crippen molar-refractivity contribution in [2.24, 2.45) is 0 Å². The zero-order chi connectivity index (χ0) is 17.5. The molecule has 0 amide bonds. The Morgan fingerprint density at radius 1 is 1.21 bits per heavy atom. The van der Waals surface area contributed by atoms with Crippen LogP contribution in [0.3, 0.4) is 0 Å². The van der Waals surface area contributed by atoms with Gasteiger partial charge in [0.15, 0.2) is 11.5 Å². The molecule has 24 heavy (non-hydrogen) atoms. The van der Waals surface area contributed by atoms with Gasteiger partial charge in [-0.2, -0.15) is 0 Å². The van der Waals surface area contributed by atoms with Crippen LogP contribution in [-0.2, 0) is 13.2 Å². The van der Waals surface area contributed by atoms with Gasteiger partial charge >= 0.3 is 0 Å². The van der Waals surface area contributed by atoms with Crippen molar-refractivity contribution in [3.05, 3.63) is 57.3 Å². The van der Waals surface area contributed by atoms with Crippen molar-refractivity contribution in [3.63, 3.8) is 0 Å². The van der Waals surface area contributed by atoms with E-state index < -0.39 is 5.82 Å². The van der Waals surface area contributed by atoms with Crippen LogP contribution in [0.4, 0.5) is 4.39 Å². The maximum atomic E-state index is 13.8. The van der Waals surface area contributed by atoms with Gasteiger partial charge in [0.2, 0.25) is 0 Å². The molecule has 7 heteroatoms. The molecule has 0 bridgehead atoms. The smallest absolute Gasteiger partial charge is 0.180 e. The fraction of sp³-hybridized carbons (Fsp3) is 0.294. The number of methoxy groups -OCH3 is 1. The molecule has 0 aliphatic rings. The van der Waals surface area contributed by atoms with Crippen LogP contribution in [-0.4, -0.2) is 25.4 Å². The summed E-state index contributed by atoms with van der Waals surface area (Å²) in [7, 11) is 1.50. The summed E-state index contributed by atoms with van der Waals surface area (Å²) in [5.41, 5.74) is 1.13. The molecule has 4 nitrogen and oxygen atoms in total. The maximum Gasteiger partial charge on any atom is 0.180 e. The van der Waals surface area contributed by atoms with Crippen LogP contribution in [0.25, 0.3) is 0 Å². The molecular formula is C17H18Cl2FNO3. The van der Waals surface area contributed by atoms with E-state index in [1.54, 1.807) is 18.2 Å². The van der Waals surface area contributed by atoms with Gasteiger partial charge in [-0.25, -0.2) is 4.39 Å². The Kier molecular flexibility index (Phi) is 7.12. The normalized spacial score (nSPS) is 10.7. The molecule has 2 aromatic rings. The quantitative estimate of drug-likeness (QED) is 0.691. The molecule has 0 fully saturated rings. The average Bonchev–Trinajstić information content (AvgIpc) is 2.55. The van der Waals surface area contributed by atoms with Crippen molar-refractivity contribution in [1.82, 2.24) is 5.32 Å². The largest absolute Gasteiger partial charge is 0.493 e. The van der Waals surface area contributed by atoms with Crippen molar-refractivity contribution in [2.75, 3.05) is 20.3 Å². The van der Waals surface area contributed by atoms with Gasteiger partial charge in [-0.1, -0.05) is 29.3 Å². The molecule has 0 aliphatic heterocycles. The molecular weight excluding hydrogens is 356 g/mol. The van der Waals surface area contributed by atoms with E-state index in [1.807, 2.05) is 0 Å². The van der Waals surface area contributed by atoms with E-state index in [2.05, 4.69) is 5.32 Å². The Morgan fingerprint density at radius 2 is 2.00 bits per heavy atom. The number of ether oxygens (including phenoxy) is 2. The predicted molar refractivity (Wildman–Crippen MR) is 92.5 cm³/mol. The average molecular weight is 374 g/mol. The summed E-state index contributed by atoms with van der Waals surface area (Å²) in [6, 6.07) is 7.95. The number of halogens is 3. The minimum absolute atomic E-state index is 0.0511. The lowest BCUT2D eigenvalue weighted by Crippen LogP contribution is -2.17. The minimum atomic E-state index is -0.442. The minimum Gasteiger partial charge on any atom is -0.493 e. The highest BCUT2D eigenvalue weighted by Gasteiger charge is 2.14. The van der Waals surface area contributed by atoms with Crippen molar-refractivity contribution in [3.8, 4) is 11.5 Å². The second kappa shape index (κ2) is 9.08. The summed E-state index contributed by atoms with van der Waals surface area (Å²) in [4.78, 5) is 0. The molecule has 0 aliphatic carbocycles. The van der Waals surface area contributed by atoms with Gasteiger partial charge in [-0.05, 0) is 29.8 Å². The standard InChI is InChI=1S/C17H18Cl2FNO3/c1-23-16-8-11(9-21-5-6-22)7-14(19)17(16)24-10-12-13(18)3-2-4-15(12)20/h2-4,7-8,21-22H,5-6,9-10H2,1H3. The van der Waals surface area contributed by atoms with Gasteiger partial charge in [0.1, 0.15) is 12.4 Å². The number of aliphatic hydroxyl groups is 1. The van der Waals surface area contributed by atoms with Crippen LogP contribution in [0.1, 0.15) is 11.1 Å². The third kappa shape index (κ3) is 4.74. The third-order valence-corrected chi connectivity index (χ3v) is 3.96. The number of hydrogen-bond acceptors (Lipinski definition) is 4. The number of rotatable bonds is 8. The fourth-order valence-corrected chi connectivity index (χ4v) is 2.65. The molecule has 0 saturated heterocycles. The summed E-state index contributed by atoms with van der Waals surface area (Å²) < 4.78 is 24.8. The first-order chi connectivity index (χ1) is 11.6. The van der Waals surface area contributed by atoms with E-state index in [4.69, 9.17) is 37.8 Å². The Bertz CT molecular complexity index is 678. The molecule has 2 rings (SSSR count). The van der Waals surface area contributed by atoms with Crippen molar-refractivity contribution >= 4 is 23.2 Å². The first kappa shape index (κ1) is 18.8. The van der Waals surface area contributed by atoms with Crippen molar-refractivity contribution < 1.29 is 19.0 Å². The number of aliphatic hydroxyl groups excluding tert-OH is 1. The Balaban J connectivity index is 2.17. The Morgan fingerprint density at radius 3 is 2.67 bits per heavy atom. The predicted octanol–water partition coefficient (Wildman–Crippen LogP) is 3.80. The number of benzene rings is 2.